The predicted molar refractivity (Wildman–Crippen MR) is 174 cm³/mol. The van der Waals surface area contributed by atoms with Crippen LogP contribution in [0.25, 0.3) is 5.57 Å². The number of hydrogen-bond acceptors (Lipinski definition) is 5. The normalized spacial score (nSPS) is 19.8. The number of piperazine rings is 1. The van der Waals surface area contributed by atoms with Crippen molar-refractivity contribution in [2.24, 2.45) is 0 Å². The fourth-order valence-electron chi connectivity index (χ4n) is 6.61. The Balaban J connectivity index is 1.22. The van der Waals surface area contributed by atoms with Crippen molar-refractivity contribution in [3.05, 3.63) is 105 Å². The third-order valence-corrected chi connectivity index (χ3v) is 9.66. The molecule has 0 spiro atoms. The summed E-state index contributed by atoms with van der Waals surface area (Å²) in [6.45, 7) is 5.52. The molecule has 3 aromatic rings. The van der Waals surface area contributed by atoms with E-state index < -0.39 is 0 Å². The molecular weight excluding hydrogens is 575 g/mol. The molecule has 8 heteroatoms. The van der Waals surface area contributed by atoms with Crippen molar-refractivity contribution in [3.63, 3.8) is 0 Å². The topological polar surface area (TPSA) is 56.8 Å². The molecule has 1 saturated carbocycles. The summed E-state index contributed by atoms with van der Waals surface area (Å²) in [7, 11) is 3.68. The largest absolute Gasteiger partial charge is 0.496 e. The molecule has 3 aromatic carbocycles. The first-order valence-electron chi connectivity index (χ1n) is 15.7. The summed E-state index contributed by atoms with van der Waals surface area (Å²) < 4.78 is 19.8. The van der Waals surface area contributed by atoms with Crippen LogP contribution < -0.4 is 15.4 Å². The Kier molecular flexibility index (Phi) is 9.38. The van der Waals surface area contributed by atoms with Gasteiger partial charge in [0.2, 0.25) is 0 Å². The molecule has 1 saturated heterocycles. The van der Waals surface area contributed by atoms with Crippen molar-refractivity contribution in [1.29, 1.82) is 0 Å². The van der Waals surface area contributed by atoms with Crippen LogP contribution in [0.1, 0.15) is 47.1 Å². The number of methoxy groups -OCH3 is 1. The van der Waals surface area contributed by atoms with Crippen molar-refractivity contribution >= 4 is 23.1 Å². The van der Waals surface area contributed by atoms with Gasteiger partial charge >= 0.3 is 0 Å². The van der Waals surface area contributed by atoms with Crippen LogP contribution in [-0.2, 0) is 24.3 Å². The Labute approximate surface area is 265 Å². The zero-order valence-electron chi connectivity index (χ0n) is 25.8. The van der Waals surface area contributed by atoms with E-state index in [-0.39, 0.29) is 23.8 Å². The van der Waals surface area contributed by atoms with Crippen LogP contribution in [0.5, 0.6) is 5.75 Å². The monoisotopic (exact) mass is 616 g/mol. The van der Waals surface area contributed by atoms with E-state index in [4.69, 9.17) is 16.3 Å². The van der Waals surface area contributed by atoms with Gasteiger partial charge in [-0.2, -0.15) is 0 Å². The molecule has 2 heterocycles. The average molecular weight is 617 g/mol. The zero-order valence-corrected chi connectivity index (χ0v) is 26.6. The number of ether oxygens (including phenoxy) is 1. The van der Waals surface area contributed by atoms with E-state index in [0.717, 1.165) is 78.9 Å². The number of nitrogens with zero attached hydrogens (tertiary/aromatic N) is 2. The van der Waals surface area contributed by atoms with Crippen LogP contribution in [0.3, 0.4) is 0 Å². The summed E-state index contributed by atoms with van der Waals surface area (Å²) in [6.07, 6.45) is 3.73. The highest BCUT2D eigenvalue weighted by atomic mass is 35.5. The number of benzene rings is 3. The Morgan fingerprint density at radius 2 is 1.82 bits per heavy atom. The van der Waals surface area contributed by atoms with Crippen molar-refractivity contribution in [2.75, 3.05) is 33.8 Å². The molecular formula is C36H42ClFN4O2. The summed E-state index contributed by atoms with van der Waals surface area (Å²) in [5, 5.41) is 7.73. The molecule has 2 N–H and O–H groups in total. The maximum atomic E-state index is 14.5. The van der Waals surface area contributed by atoms with Crippen LogP contribution in [0.4, 0.5) is 4.39 Å². The van der Waals surface area contributed by atoms with Gasteiger partial charge in [0.15, 0.2) is 0 Å². The molecule has 6 nitrogen and oxygen atoms in total. The highest BCUT2D eigenvalue weighted by molar-refractivity contribution is 6.31. The minimum absolute atomic E-state index is 0.0174. The van der Waals surface area contributed by atoms with E-state index in [0.29, 0.717) is 29.7 Å². The number of carbonyl (C=O) groups excluding carboxylic acids is 1. The first-order chi connectivity index (χ1) is 21.3. The SMILES string of the molecule is COc1cccc(CN(C(=O)C2=C(c3ccc(CCN(C)Cc4c(F)cccc4Cl)cc3)C[C@H]3CNC[C@H]2N3)C2CC2)c1C. The van der Waals surface area contributed by atoms with Crippen LogP contribution >= 0.6 is 11.6 Å². The van der Waals surface area contributed by atoms with Crippen LogP contribution in [0, 0.1) is 12.7 Å². The number of nitrogens with one attached hydrogen (secondary N) is 2. The van der Waals surface area contributed by atoms with Crippen LogP contribution in [0.15, 0.2) is 66.2 Å². The molecule has 2 bridgehead atoms. The van der Waals surface area contributed by atoms with Crippen LogP contribution in [0.2, 0.25) is 5.02 Å². The second kappa shape index (κ2) is 13.4. The lowest BCUT2D eigenvalue weighted by Gasteiger charge is -2.41. The van der Waals surface area contributed by atoms with E-state index in [2.05, 4.69) is 57.7 Å². The minimum atomic E-state index is -0.270. The number of amides is 1. The number of hydrogen-bond donors (Lipinski definition) is 2. The molecule has 0 unspecified atom stereocenters. The molecule has 6 rings (SSSR count). The lowest BCUT2D eigenvalue weighted by Crippen LogP contribution is -2.60. The van der Waals surface area contributed by atoms with E-state index in [9.17, 15) is 9.18 Å². The summed E-state index contributed by atoms with van der Waals surface area (Å²) in [5.41, 5.74) is 7.13. The highest BCUT2D eigenvalue weighted by Crippen LogP contribution is 2.37. The summed E-state index contributed by atoms with van der Waals surface area (Å²) in [6, 6.07) is 20.1. The van der Waals surface area contributed by atoms with Gasteiger partial charge in [0.05, 0.1) is 13.2 Å². The Morgan fingerprint density at radius 1 is 1.05 bits per heavy atom. The molecule has 2 atom stereocenters. The van der Waals surface area contributed by atoms with Crippen molar-refractivity contribution in [1.82, 2.24) is 20.4 Å². The molecule has 1 aliphatic carbocycles. The standard InChI is InChI=1S/C36H42ClFN4O2/c1-23-26(6-4-9-34(23)44-3)21-42(28-14-15-28)36(43)35-29(18-27-19-39-20-33(35)40-27)25-12-10-24(11-13-25)16-17-41(2)22-30-31(37)7-5-8-32(30)38/h4-13,27-28,33,39-40H,14-22H2,1-3H3/t27-,33+/m0/s1. The molecule has 2 fully saturated rings. The average Bonchev–Trinajstić information content (AvgIpc) is 3.87. The molecule has 1 amide bonds. The van der Waals surface area contributed by atoms with Gasteiger partial charge in [-0.05, 0) is 85.7 Å². The van der Waals surface area contributed by atoms with Crippen molar-refractivity contribution < 1.29 is 13.9 Å². The van der Waals surface area contributed by atoms with Gasteiger partial charge in [0, 0.05) is 61.0 Å². The van der Waals surface area contributed by atoms with Gasteiger partial charge in [0.25, 0.3) is 5.91 Å². The number of likely N-dealkylation sites (N-methyl/N-ethyl adjacent to an activating group) is 1. The molecule has 2 aliphatic heterocycles. The van der Waals surface area contributed by atoms with Crippen molar-refractivity contribution in [3.8, 4) is 5.75 Å². The molecule has 0 radical (unpaired) electrons. The predicted octanol–water partition coefficient (Wildman–Crippen LogP) is 5.75. The van der Waals surface area contributed by atoms with Gasteiger partial charge in [-0.1, -0.05) is 54.1 Å². The van der Waals surface area contributed by atoms with Crippen LogP contribution in [-0.4, -0.2) is 67.6 Å². The van der Waals surface area contributed by atoms with Gasteiger partial charge in [0.1, 0.15) is 11.6 Å². The van der Waals surface area contributed by atoms with E-state index in [1.807, 2.05) is 19.2 Å². The quantitative estimate of drug-likeness (QED) is 0.287. The number of rotatable bonds is 11. The lowest BCUT2D eigenvalue weighted by atomic mass is 9.83. The minimum Gasteiger partial charge on any atom is -0.496 e. The summed E-state index contributed by atoms with van der Waals surface area (Å²) in [4.78, 5) is 18.7. The van der Waals surface area contributed by atoms with E-state index in [1.54, 1.807) is 19.2 Å². The van der Waals surface area contributed by atoms with E-state index >= 15 is 0 Å². The number of carbonyl (C=O) groups is 1. The third kappa shape index (κ3) is 6.71. The first-order valence-corrected chi connectivity index (χ1v) is 16.0. The second-order valence-corrected chi connectivity index (χ2v) is 12.9. The summed E-state index contributed by atoms with van der Waals surface area (Å²) >= 11 is 6.24. The second-order valence-electron chi connectivity index (χ2n) is 12.5. The molecule has 0 aromatic heterocycles. The van der Waals surface area contributed by atoms with E-state index in [1.165, 1.54) is 11.6 Å². The first kappa shape index (κ1) is 30.8. The zero-order chi connectivity index (χ0) is 30.8. The molecule has 44 heavy (non-hydrogen) atoms. The smallest absolute Gasteiger partial charge is 0.252 e. The maximum Gasteiger partial charge on any atom is 0.252 e. The molecule has 3 aliphatic rings. The number of halogens is 2. The van der Waals surface area contributed by atoms with Gasteiger partial charge in [-0.3, -0.25) is 4.79 Å². The number of fused-ring (bicyclic) bond motifs is 2. The third-order valence-electron chi connectivity index (χ3n) is 9.31. The van der Waals surface area contributed by atoms with Gasteiger partial charge in [-0.15, -0.1) is 0 Å². The Bertz CT molecular complexity index is 1520. The van der Waals surface area contributed by atoms with Gasteiger partial charge < -0.3 is 25.2 Å². The fraction of sp³-hybridized carbons (Fsp3) is 0.417. The molecule has 232 valence electrons. The lowest BCUT2D eigenvalue weighted by molar-refractivity contribution is -0.128. The summed E-state index contributed by atoms with van der Waals surface area (Å²) in [5.74, 6) is 0.724. The van der Waals surface area contributed by atoms with Gasteiger partial charge in [-0.25, -0.2) is 4.39 Å². The van der Waals surface area contributed by atoms with Crippen molar-refractivity contribution in [2.45, 2.75) is 63.8 Å². The Hall–Kier alpha value is -3.23. The highest BCUT2D eigenvalue weighted by Gasteiger charge is 2.41. The Morgan fingerprint density at radius 3 is 2.55 bits per heavy atom. The fourth-order valence-corrected chi connectivity index (χ4v) is 6.83. The maximum absolute atomic E-state index is 14.5.